The summed E-state index contributed by atoms with van der Waals surface area (Å²) >= 11 is 0. The van der Waals surface area contributed by atoms with Crippen molar-refractivity contribution in [2.24, 2.45) is 0 Å². The van der Waals surface area contributed by atoms with Gasteiger partial charge in [0.25, 0.3) is 0 Å². The minimum atomic E-state index is 0.594. The van der Waals surface area contributed by atoms with Gasteiger partial charge >= 0.3 is 0 Å². The van der Waals surface area contributed by atoms with Crippen LogP contribution in [0.15, 0.2) is 50.6 Å². The molecule has 0 aliphatic heterocycles. The molecule has 0 spiro atoms. The Morgan fingerprint density at radius 1 is 0.652 bits per heavy atom. The van der Waals surface area contributed by atoms with Gasteiger partial charge in [0.15, 0.2) is 0 Å². The molecule has 0 aromatic carbocycles. The third-order valence-corrected chi connectivity index (χ3v) is 2.96. The van der Waals surface area contributed by atoms with Gasteiger partial charge in [-0.05, 0) is 0 Å². The van der Waals surface area contributed by atoms with Crippen LogP contribution in [0.25, 0.3) is 0 Å². The average molecular weight is 314 g/mol. The largest absolute Gasteiger partial charge is 0.347 e. The van der Waals surface area contributed by atoms with Crippen molar-refractivity contribution < 1.29 is 0 Å². The van der Waals surface area contributed by atoms with Crippen LogP contribution in [0.1, 0.15) is 0 Å². The number of hydrogen-bond donors (Lipinski definition) is 0. The lowest BCUT2D eigenvalue weighted by atomic mass is 10.4. The molecule has 6 heteroatoms. The van der Waals surface area contributed by atoms with E-state index in [0.29, 0.717) is 44.0 Å². The summed E-state index contributed by atoms with van der Waals surface area (Å²) in [4.78, 5) is 19.5. The van der Waals surface area contributed by atoms with E-state index < -0.39 is 0 Å². The quantitative estimate of drug-likeness (QED) is 0.584. The third-order valence-electron chi connectivity index (χ3n) is 2.96. The summed E-state index contributed by atoms with van der Waals surface area (Å²) < 4.78 is 0. The zero-order chi connectivity index (χ0) is 17.2. The van der Waals surface area contributed by atoms with E-state index in [4.69, 9.17) is 0 Å². The molecule has 0 saturated heterocycles. The molecule has 1 rings (SSSR count). The van der Waals surface area contributed by atoms with E-state index >= 15 is 0 Å². The van der Waals surface area contributed by atoms with Crippen LogP contribution >= 0.6 is 0 Å². The molecule has 0 bridgehead atoms. The Balaban J connectivity index is 3.33. The lowest BCUT2D eigenvalue weighted by Gasteiger charge is -2.25. The minimum Gasteiger partial charge on any atom is -0.347 e. The summed E-state index contributed by atoms with van der Waals surface area (Å²) in [5, 5.41) is 0. The molecule has 0 fully saturated rings. The molecular weight excluding hydrogens is 288 g/mol. The van der Waals surface area contributed by atoms with Crippen LogP contribution in [0.3, 0.4) is 0 Å². The Kier molecular flexibility index (Phi) is 7.53. The summed E-state index contributed by atoms with van der Waals surface area (Å²) in [7, 11) is 3.80. The van der Waals surface area contributed by atoms with E-state index in [1.165, 1.54) is 0 Å². The molecule has 1 aromatic rings. The van der Waals surface area contributed by atoms with E-state index in [-0.39, 0.29) is 0 Å². The highest BCUT2D eigenvalue weighted by molar-refractivity contribution is 5.47. The maximum absolute atomic E-state index is 4.60. The van der Waals surface area contributed by atoms with Crippen LogP contribution in [0.2, 0.25) is 0 Å². The summed E-state index contributed by atoms with van der Waals surface area (Å²) in [6.07, 6.45) is 7.25. The highest BCUT2D eigenvalue weighted by Crippen LogP contribution is 2.18. The molecule has 1 heterocycles. The van der Waals surface area contributed by atoms with Gasteiger partial charge in [0.2, 0.25) is 17.8 Å². The lowest BCUT2D eigenvalue weighted by Crippen LogP contribution is -2.30. The zero-order valence-corrected chi connectivity index (χ0v) is 14.1. The van der Waals surface area contributed by atoms with Crippen molar-refractivity contribution in [1.29, 1.82) is 0 Å². The topological polar surface area (TPSA) is 48.4 Å². The molecular formula is C17H26N6. The molecule has 0 saturated carbocycles. The van der Waals surface area contributed by atoms with Crippen LogP contribution < -0.4 is 14.7 Å². The fourth-order valence-electron chi connectivity index (χ4n) is 1.93. The predicted octanol–water partition coefficient (Wildman–Crippen LogP) is 2.29. The first kappa shape index (κ1) is 18.4. The van der Waals surface area contributed by atoms with Gasteiger partial charge in [-0.25, -0.2) is 0 Å². The van der Waals surface area contributed by atoms with Crippen molar-refractivity contribution in [3.05, 3.63) is 50.6 Å². The predicted molar refractivity (Wildman–Crippen MR) is 99.4 cm³/mol. The van der Waals surface area contributed by atoms with Gasteiger partial charge in [-0.15, -0.1) is 26.3 Å². The molecule has 0 amide bonds. The minimum absolute atomic E-state index is 0.594. The van der Waals surface area contributed by atoms with Crippen molar-refractivity contribution in [1.82, 2.24) is 15.0 Å². The first-order valence-corrected chi connectivity index (χ1v) is 7.44. The Bertz CT molecular complexity index is 490. The number of hydrogen-bond acceptors (Lipinski definition) is 6. The van der Waals surface area contributed by atoms with Crippen molar-refractivity contribution in [3.8, 4) is 0 Å². The highest BCUT2D eigenvalue weighted by Gasteiger charge is 2.16. The average Bonchev–Trinajstić information content (AvgIpc) is 2.54. The first-order valence-electron chi connectivity index (χ1n) is 7.44. The Hall–Kier alpha value is -2.63. The van der Waals surface area contributed by atoms with Crippen molar-refractivity contribution >= 4 is 17.8 Å². The number of aromatic nitrogens is 3. The molecule has 0 aliphatic rings. The molecule has 0 N–H and O–H groups in total. The summed E-state index contributed by atoms with van der Waals surface area (Å²) in [6, 6.07) is 0. The standard InChI is InChI=1S/C17H26N6/c1-7-11-22(12-8-2)16-18-15(21(5)6)19-17(20-16)23(13-9-3)14-10-4/h7-10H,1-4,11-14H2,5-6H3. The molecule has 6 nitrogen and oxygen atoms in total. The van der Waals surface area contributed by atoms with Crippen LogP contribution in [0.4, 0.5) is 17.8 Å². The van der Waals surface area contributed by atoms with Gasteiger partial charge in [-0.2, -0.15) is 15.0 Å². The van der Waals surface area contributed by atoms with Gasteiger partial charge in [0.1, 0.15) is 0 Å². The van der Waals surface area contributed by atoms with E-state index in [1.54, 1.807) is 0 Å². The Labute approximate surface area is 139 Å². The van der Waals surface area contributed by atoms with Gasteiger partial charge in [-0.1, -0.05) is 24.3 Å². The molecule has 124 valence electrons. The fourth-order valence-corrected chi connectivity index (χ4v) is 1.93. The van der Waals surface area contributed by atoms with Crippen molar-refractivity contribution in [2.45, 2.75) is 0 Å². The van der Waals surface area contributed by atoms with Crippen molar-refractivity contribution in [2.75, 3.05) is 55.0 Å². The van der Waals surface area contributed by atoms with Gasteiger partial charge in [-0.3, -0.25) is 0 Å². The molecule has 0 radical (unpaired) electrons. The number of nitrogens with zero attached hydrogens (tertiary/aromatic N) is 6. The van der Waals surface area contributed by atoms with Crippen LogP contribution in [-0.2, 0) is 0 Å². The second-order valence-electron chi connectivity index (χ2n) is 5.09. The second kappa shape index (κ2) is 9.40. The summed E-state index contributed by atoms with van der Waals surface area (Å²) in [5.74, 6) is 1.79. The lowest BCUT2D eigenvalue weighted by molar-refractivity contribution is 0.820. The summed E-state index contributed by atoms with van der Waals surface area (Å²) in [6.45, 7) is 17.7. The molecule has 0 atom stereocenters. The highest BCUT2D eigenvalue weighted by atomic mass is 15.4. The molecule has 23 heavy (non-hydrogen) atoms. The van der Waals surface area contributed by atoms with Gasteiger partial charge in [0, 0.05) is 40.3 Å². The molecule has 0 unspecified atom stereocenters. The van der Waals surface area contributed by atoms with Gasteiger partial charge in [0.05, 0.1) is 0 Å². The maximum Gasteiger partial charge on any atom is 0.232 e. The Morgan fingerprint density at radius 2 is 0.957 bits per heavy atom. The maximum atomic E-state index is 4.60. The van der Waals surface area contributed by atoms with E-state index in [9.17, 15) is 0 Å². The fraction of sp³-hybridized carbons (Fsp3) is 0.353. The summed E-state index contributed by atoms with van der Waals surface area (Å²) in [5.41, 5.74) is 0. The van der Waals surface area contributed by atoms with Gasteiger partial charge < -0.3 is 14.7 Å². The van der Waals surface area contributed by atoms with Crippen LogP contribution in [0, 0.1) is 0 Å². The van der Waals surface area contributed by atoms with Crippen LogP contribution in [-0.4, -0.2) is 55.2 Å². The van der Waals surface area contributed by atoms with E-state index in [0.717, 1.165) is 0 Å². The third kappa shape index (κ3) is 5.25. The van der Waals surface area contributed by atoms with Crippen LogP contribution in [0.5, 0.6) is 0 Å². The normalized spacial score (nSPS) is 9.83. The Morgan fingerprint density at radius 3 is 1.22 bits per heavy atom. The first-order chi connectivity index (χ1) is 11.1. The van der Waals surface area contributed by atoms with Crippen molar-refractivity contribution in [3.63, 3.8) is 0 Å². The molecule has 0 aliphatic carbocycles. The van der Waals surface area contributed by atoms with E-state index in [2.05, 4.69) is 41.3 Å². The number of anilines is 3. The zero-order valence-electron chi connectivity index (χ0n) is 14.1. The number of rotatable bonds is 11. The van der Waals surface area contributed by atoms with E-state index in [1.807, 2.05) is 53.1 Å². The monoisotopic (exact) mass is 314 g/mol. The molecule has 1 aromatic heterocycles. The second-order valence-corrected chi connectivity index (χ2v) is 5.09. The SMILES string of the molecule is C=CCN(CC=C)c1nc(N(C)C)nc(N(CC=C)CC=C)n1. The smallest absolute Gasteiger partial charge is 0.232 e.